The van der Waals surface area contributed by atoms with Crippen LogP contribution in [0.25, 0.3) is 0 Å². The normalized spacial score (nSPS) is 27.3. The van der Waals surface area contributed by atoms with Gasteiger partial charge in [0.25, 0.3) is 0 Å². The van der Waals surface area contributed by atoms with E-state index < -0.39 is 8.32 Å². The van der Waals surface area contributed by atoms with Crippen LogP contribution < -0.4 is 0 Å². The van der Waals surface area contributed by atoms with Gasteiger partial charge in [-0.3, -0.25) is 0 Å². The number of rotatable bonds is 4. The average molecular weight is 352 g/mol. The van der Waals surface area contributed by atoms with Gasteiger partial charge in [0, 0.05) is 5.82 Å². The minimum absolute atomic E-state index is 0.149. The summed E-state index contributed by atoms with van der Waals surface area (Å²) in [6, 6.07) is 0. The second kappa shape index (κ2) is 6.57. The molecule has 5 heteroatoms. The molecule has 1 heterocycles. The van der Waals surface area contributed by atoms with Crippen LogP contribution in [-0.2, 0) is 13.7 Å². The van der Waals surface area contributed by atoms with Crippen molar-refractivity contribution in [3.8, 4) is 0 Å². The number of hydrogen-bond acceptors (Lipinski definition) is 3. The monoisotopic (exact) mass is 352 g/mol. The number of allylic oxidation sites excluding steroid dienone is 1. The molecule has 0 radical (unpaired) electrons. The van der Waals surface area contributed by atoms with E-state index >= 15 is 0 Å². The second-order valence-electron chi connectivity index (χ2n) is 9.99. The van der Waals surface area contributed by atoms with Gasteiger partial charge in [0.15, 0.2) is 8.32 Å². The molecule has 0 spiro atoms. The summed E-state index contributed by atoms with van der Waals surface area (Å²) in [5.41, 5.74) is 0.852. The van der Waals surface area contributed by atoms with Gasteiger partial charge in [0.05, 0.1) is 17.8 Å². The van der Waals surface area contributed by atoms with Crippen molar-refractivity contribution in [2.45, 2.75) is 103 Å². The zero-order chi connectivity index (χ0) is 18.4. The Morgan fingerprint density at radius 2 is 1.71 bits per heavy atom. The van der Waals surface area contributed by atoms with E-state index in [9.17, 15) is 0 Å². The lowest BCUT2D eigenvalue weighted by atomic mass is 9.63. The fourth-order valence-electron chi connectivity index (χ4n) is 2.97. The Kier molecular flexibility index (Phi) is 5.53. The highest BCUT2D eigenvalue weighted by Crippen LogP contribution is 2.45. The highest BCUT2D eigenvalue weighted by atomic mass is 28.4. The van der Waals surface area contributed by atoms with Crippen LogP contribution in [0.2, 0.25) is 23.9 Å². The molecule has 0 amide bonds. The maximum atomic E-state index is 6.49. The Balaban J connectivity index is 2.09. The molecule has 0 aromatic carbocycles. The Morgan fingerprint density at radius 3 is 2.21 bits per heavy atom. The molecule has 1 fully saturated rings. The van der Waals surface area contributed by atoms with E-state index in [4.69, 9.17) is 13.7 Å². The van der Waals surface area contributed by atoms with Gasteiger partial charge in [-0.1, -0.05) is 26.8 Å². The van der Waals surface area contributed by atoms with Crippen LogP contribution in [0, 0.1) is 0 Å². The molecular weight excluding hydrogens is 315 g/mol. The van der Waals surface area contributed by atoms with Crippen LogP contribution >= 0.6 is 0 Å². The summed E-state index contributed by atoms with van der Waals surface area (Å²) in [5, 5.41) is 0.238. The van der Waals surface area contributed by atoms with Crippen molar-refractivity contribution in [3.05, 3.63) is 11.6 Å². The maximum absolute atomic E-state index is 6.49. The summed E-state index contributed by atoms with van der Waals surface area (Å²) in [5.74, 6) is 0.324. The van der Waals surface area contributed by atoms with Gasteiger partial charge in [-0.25, -0.2) is 0 Å². The van der Waals surface area contributed by atoms with Gasteiger partial charge in [-0.15, -0.1) is 0 Å². The van der Waals surface area contributed by atoms with Crippen molar-refractivity contribution in [2.75, 3.05) is 6.61 Å². The molecule has 1 aliphatic heterocycles. The lowest BCUT2D eigenvalue weighted by molar-refractivity contribution is 0.00578. The first-order valence-corrected chi connectivity index (χ1v) is 12.4. The summed E-state index contributed by atoms with van der Waals surface area (Å²) in [7, 11) is -1.89. The van der Waals surface area contributed by atoms with Gasteiger partial charge in [0.1, 0.15) is 0 Å². The summed E-state index contributed by atoms with van der Waals surface area (Å²) in [6.07, 6.45) is 5.85. The van der Waals surface area contributed by atoms with Gasteiger partial charge in [0.2, 0.25) is 0 Å². The Hall–Kier alpha value is -0.0982. The van der Waals surface area contributed by atoms with Crippen molar-refractivity contribution in [1.29, 1.82) is 0 Å². The Morgan fingerprint density at radius 1 is 1.17 bits per heavy atom. The fraction of sp³-hybridized carbons (Fsp3) is 0.895. The predicted molar refractivity (Wildman–Crippen MR) is 105 cm³/mol. The zero-order valence-corrected chi connectivity index (χ0v) is 18.3. The van der Waals surface area contributed by atoms with E-state index in [1.165, 1.54) is 12.0 Å². The molecule has 0 bridgehead atoms. The van der Waals surface area contributed by atoms with Crippen LogP contribution in [0.5, 0.6) is 0 Å². The molecule has 1 aliphatic carbocycles. The molecule has 0 N–H and O–H groups in total. The fourth-order valence-corrected chi connectivity index (χ4v) is 3.93. The lowest BCUT2D eigenvalue weighted by Crippen LogP contribution is -2.42. The summed E-state index contributed by atoms with van der Waals surface area (Å²) < 4.78 is 19.1. The van der Waals surface area contributed by atoms with E-state index in [0.717, 1.165) is 19.4 Å². The molecule has 0 saturated carbocycles. The molecule has 0 aromatic heterocycles. The van der Waals surface area contributed by atoms with Gasteiger partial charge < -0.3 is 13.7 Å². The Bertz CT molecular complexity index is 475. The highest BCUT2D eigenvalue weighted by molar-refractivity contribution is 6.74. The van der Waals surface area contributed by atoms with Gasteiger partial charge in [-0.2, -0.15) is 0 Å². The van der Waals surface area contributed by atoms with Crippen LogP contribution in [0.3, 0.4) is 0 Å². The molecule has 1 saturated heterocycles. The lowest BCUT2D eigenvalue weighted by Gasteiger charge is -2.37. The van der Waals surface area contributed by atoms with Crippen molar-refractivity contribution < 1.29 is 13.7 Å². The predicted octanol–water partition coefficient (Wildman–Crippen LogP) is 5.58. The largest absolute Gasteiger partial charge is 0.465 e. The van der Waals surface area contributed by atoms with E-state index in [2.05, 4.69) is 67.6 Å². The molecule has 0 unspecified atom stereocenters. The SMILES string of the molecule is CC1(C)OB([C@H]2CCCC=C2CO[Si](C)(C)C(C)(C)C)OC1(C)C. The van der Waals surface area contributed by atoms with Crippen LogP contribution in [0.15, 0.2) is 11.6 Å². The van der Waals surface area contributed by atoms with E-state index in [1.54, 1.807) is 0 Å². The molecule has 138 valence electrons. The molecular formula is C19H37BO3Si. The third kappa shape index (κ3) is 4.00. The van der Waals surface area contributed by atoms with E-state index in [1.807, 2.05) is 0 Å². The summed E-state index contributed by atoms with van der Waals surface area (Å²) in [4.78, 5) is 0. The summed E-state index contributed by atoms with van der Waals surface area (Å²) in [6.45, 7) is 20.8. The minimum atomic E-state index is -1.74. The molecule has 24 heavy (non-hydrogen) atoms. The third-order valence-corrected chi connectivity index (χ3v) is 11.1. The van der Waals surface area contributed by atoms with Crippen molar-refractivity contribution in [1.82, 2.24) is 0 Å². The van der Waals surface area contributed by atoms with Gasteiger partial charge in [-0.05, 0) is 70.7 Å². The first-order valence-electron chi connectivity index (χ1n) is 9.45. The second-order valence-corrected chi connectivity index (χ2v) is 14.8. The first kappa shape index (κ1) is 20.2. The maximum Gasteiger partial charge on any atom is 0.465 e. The van der Waals surface area contributed by atoms with Crippen molar-refractivity contribution in [3.63, 3.8) is 0 Å². The molecule has 2 rings (SSSR count). The first-order chi connectivity index (χ1) is 10.8. The van der Waals surface area contributed by atoms with Crippen molar-refractivity contribution in [2.24, 2.45) is 0 Å². The van der Waals surface area contributed by atoms with Crippen LogP contribution in [0.1, 0.15) is 67.7 Å². The molecule has 1 atom stereocenters. The van der Waals surface area contributed by atoms with E-state index in [0.29, 0.717) is 5.82 Å². The van der Waals surface area contributed by atoms with Crippen molar-refractivity contribution >= 4 is 15.4 Å². The molecule has 0 aromatic rings. The third-order valence-electron chi connectivity index (χ3n) is 6.61. The Labute approximate surface area is 150 Å². The number of hydrogen-bond donors (Lipinski definition) is 0. The van der Waals surface area contributed by atoms with E-state index in [-0.39, 0.29) is 23.4 Å². The standard InChI is InChI=1S/C19H37BO3Si/c1-17(2,3)24(8,9)21-14-15-12-10-11-13-16(15)20-22-18(4,5)19(6,7)23-20/h12,16H,10-11,13-14H2,1-9H3/t16-/m0/s1. The topological polar surface area (TPSA) is 27.7 Å². The van der Waals surface area contributed by atoms with Gasteiger partial charge >= 0.3 is 7.12 Å². The smallest absolute Gasteiger partial charge is 0.413 e. The van der Waals surface area contributed by atoms with Crippen LogP contribution in [0.4, 0.5) is 0 Å². The minimum Gasteiger partial charge on any atom is -0.413 e. The highest BCUT2D eigenvalue weighted by Gasteiger charge is 2.54. The summed E-state index contributed by atoms with van der Waals surface area (Å²) >= 11 is 0. The quantitative estimate of drug-likeness (QED) is 0.488. The zero-order valence-electron chi connectivity index (χ0n) is 17.3. The molecule has 2 aliphatic rings. The molecule has 3 nitrogen and oxygen atoms in total. The van der Waals surface area contributed by atoms with Crippen LogP contribution in [-0.4, -0.2) is 33.2 Å². The average Bonchev–Trinajstić information content (AvgIpc) is 2.64.